The fraction of sp³-hybridized carbons (Fsp3) is 0.917. The van der Waals surface area contributed by atoms with Crippen LogP contribution in [0.1, 0.15) is 44.9 Å². The molecule has 0 aromatic rings. The van der Waals surface area contributed by atoms with E-state index in [1.807, 2.05) is 0 Å². The second-order valence-corrected chi connectivity index (χ2v) is 5.29. The molecule has 0 atom stereocenters. The van der Waals surface area contributed by atoms with Crippen molar-refractivity contribution in [1.82, 2.24) is 4.90 Å². The van der Waals surface area contributed by atoms with Gasteiger partial charge in [0.2, 0.25) is 0 Å². The maximum absolute atomic E-state index is 11.2. The third kappa shape index (κ3) is 2.03. The SMILES string of the molecule is CN(CC1(C(=O)O)CCC1)C1CCCC1. The van der Waals surface area contributed by atoms with E-state index in [-0.39, 0.29) is 0 Å². The molecule has 2 fully saturated rings. The summed E-state index contributed by atoms with van der Waals surface area (Å²) in [6.45, 7) is 0.757. The van der Waals surface area contributed by atoms with E-state index in [9.17, 15) is 9.90 Å². The van der Waals surface area contributed by atoms with Crippen LogP contribution in [0.4, 0.5) is 0 Å². The minimum absolute atomic E-state index is 0.405. The first-order valence-corrected chi connectivity index (χ1v) is 6.08. The van der Waals surface area contributed by atoms with Crippen LogP contribution < -0.4 is 0 Å². The van der Waals surface area contributed by atoms with E-state index < -0.39 is 11.4 Å². The summed E-state index contributed by atoms with van der Waals surface area (Å²) < 4.78 is 0. The third-order valence-electron chi connectivity index (χ3n) is 4.26. The van der Waals surface area contributed by atoms with Crippen molar-refractivity contribution in [1.29, 1.82) is 0 Å². The summed E-state index contributed by atoms with van der Waals surface area (Å²) in [5.74, 6) is -0.585. The highest BCUT2D eigenvalue weighted by molar-refractivity contribution is 5.76. The van der Waals surface area contributed by atoms with E-state index in [1.54, 1.807) is 0 Å². The highest BCUT2D eigenvalue weighted by Crippen LogP contribution is 2.42. The van der Waals surface area contributed by atoms with Crippen LogP contribution in [-0.2, 0) is 4.79 Å². The summed E-state index contributed by atoms with van der Waals surface area (Å²) >= 11 is 0. The maximum Gasteiger partial charge on any atom is 0.310 e. The zero-order valence-corrected chi connectivity index (χ0v) is 9.54. The minimum atomic E-state index is -0.585. The second kappa shape index (κ2) is 4.12. The zero-order valence-electron chi connectivity index (χ0n) is 9.54. The molecule has 1 N–H and O–H groups in total. The molecule has 0 radical (unpaired) electrons. The van der Waals surface area contributed by atoms with E-state index in [0.29, 0.717) is 6.04 Å². The Morgan fingerprint density at radius 1 is 1.33 bits per heavy atom. The van der Waals surface area contributed by atoms with Crippen LogP contribution in [0.3, 0.4) is 0 Å². The Kier molecular flexibility index (Phi) is 3.01. The van der Waals surface area contributed by atoms with Crippen molar-refractivity contribution in [2.45, 2.75) is 51.0 Å². The lowest BCUT2D eigenvalue weighted by Gasteiger charge is -2.42. The fourth-order valence-electron chi connectivity index (χ4n) is 2.99. The number of carboxylic acids is 1. The van der Waals surface area contributed by atoms with Crippen molar-refractivity contribution in [3.05, 3.63) is 0 Å². The molecular formula is C12H21NO2. The lowest BCUT2D eigenvalue weighted by atomic mass is 9.68. The Morgan fingerprint density at radius 2 is 1.93 bits per heavy atom. The van der Waals surface area contributed by atoms with E-state index in [1.165, 1.54) is 25.7 Å². The predicted octanol–water partition coefficient (Wildman–Crippen LogP) is 2.12. The van der Waals surface area contributed by atoms with E-state index in [4.69, 9.17) is 0 Å². The maximum atomic E-state index is 11.2. The van der Waals surface area contributed by atoms with Gasteiger partial charge >= 0.3 is 5.97 Å². The number of carbonyl (C=O) groups is 1. The number of nitrogens with zero attached hydrogens (tertiary/aromatic N) is 1. The van der Waals surface area contributed by atoms with Gasteiger partial charge in [0.25, 0.3) is 0 Å². The monoisotopic (exact) mass is 211 g/mol. The molecule has 0 spiro atoms. The molecule has 3 nitrogen and oxygen atoms in total. The van der Waals surface area contributed by atoms with Crippen molar-refractivity contribution >= 4 is 5.97 Å². The van der Waals surface area contributed by atoms with Gasteiger partial charge in [0.05, 0.1) is 5.41 Å². The highest BCUT2D eigenvalue weighted by atomic mass is 16.4. The number of rotatable bonds is 4. The fourth-order valence-corrected chi connectivity index (χ4v) is 2.99. The molecule has 0 unspecified atom stereocenters. The average molecular weight is 211 g/mol. The van der Waals surface area contributed by atoms with E-state index in [2.05, 4.69) is 11.9 Å². The number of carboxylic acid groups (broad SMARTS) is 1. The Bertz CT molecular complexity index is 242. The molecule has 2 aliphatic carbocycles. The van der Waals surface area contributed by atoms with E-state index in [0.717, 1.165) is 25.8 Å². The van der Waals surface area contributed by atoms with Crippen molar-refractivity contribution in [3.8, 4) is 0 Å². The van der Waals surface area contributed by atoms with Gasteiger partial charge in [0.1, 0.15) is 0 Å². The van der Waals surface area contributed by atoms with Crippen molar-refractivity contribution < 1.29 is 9.90 Å². The quantitative estimate of drug-likeness (QED) is 0.774. The molecule has 0 aliphatic heterocycles. The predicted molar refractivity (Wildman–Crippen MR) is 58.8 cm³/mol. The summed E-state index contributed by atoms with van der Waals surface area (Å²) in [5.41, 5.74) is -0.405. The van der Waals surface area contributed by atoms with Crippen molar-refractivity contribution in [2.75, 3.05) is 13.6 Å². The minimum Gasteiger partial charge on any atom is -0.481 e. The molecule has 15 heavy (non-hydrogen) atoms. The molecule has 2 saturated carbocycles. The molecule has 86 valence electrons. The largest absolute Gasteiger partial charge is 0.481 e. The zero-order chi connectivity index (χ0) is 10.9. The van der Waals surface area contributed by atoms with Crippen LogP contribution in [0.15, 0.2) is 0 Å². The second-order valence-electron chi connectivity index (χ2n) is 5.29. The lowest BCUT2D eigenvalue weighted by Crippen LogP contribution is -2.48. The van der Waals surface area contributed by atoms with Crippen LogP contribution in [0.2, 0.25) is 0 Å². The van der Waals surface area contributed by atoms with E-state index >= 15 is 0 Å². The Balaban J connectivity index is 1.91. The molecule has 2 aliphatic rings. The summed E-state index contributed by atoms with van der Waals surface area (Å²) in [4.78, 5) is 13.5. The molecule has 3 heteroatoms. The summed E-state index contributed by atoms with van der Waals surface area (Å²) in [6.07, 6.45) is 7.98. The molecule has 0 aromatic heterocycles. The molecule has 0 amide bonds. The van der Waals surface area contributed by atoms with Crippen LogP contribution in [0.25, 0.3) is 0 Å². The first-order chi connectivity index (χ1) is 7.14. The molecule has 2 rings (SSSR count). The third-order valence-corrected chi connectivity index (χ3v) is 4.26. The smallest absolute Gasteiger partial charge is 0.310 e. The van der Waals surface area contributed by atoms with Gasteiger partial charge in [-0.05, 0) is 32.7 Å². The van der Waals surface area contributed by atoms with Crippen LogP contribution in [-0.4, -0.2) is 35.6 Å². The summed E-state index contributed by atoms with van der Waals surface area (Å²) in [7, 11) is 2.10. The standard InChI is InChI=1S/C12H21NO2/c1-13(10-5-2-3-6-10)9-12(11(14)15)7-4-8-12/h10H,2-9H2,1H3,(H,14,15). The highest BCUT2D eigenvalue weighted by Gasteiger charge is 2.45. The number of hydrogen-bond acceptors (Lipinski definition) is 2. The van der Waals surface area contributed by atoms with Gasteiger partial charge in [-0.25, -0.2) is 0 Å². The van der Waals surface area contributed by atoms with Crippen LogP contribution in [0.5, 0.6) is 0 Å². The summed E-state index contributed by atoms with van der Waals surface area (Å²) in [6, 6.07) is 0.641. The van der Waals surface area contributed by atoms with Gasteiger partial charge in [0, 0.05) is 12.6 Å². The molecule has 0 heterocycles. The lowest BCUT2D eigenvalue weighted by molar-refractivity contribution is -0.156. The number of aliphatic carboxylic acids is 1. The summed E-state index contributed by atoms with van der Waals surface area (Å²) in [5, 5.41) is 9.25. The number of hydrogen-bond donors (Lipinski definition) is 1. The van der Waals surface area contributed by atoms with Gasteiger partial charge in [0.15, 0.2) is 0 Å². The first kappa shape index (κ1) is 10.9. The molecular weight excluding hydrogens is 190 g/mol. The van der Waals surface area contributed by atoms with Gasteiger partial charge in [-0.2, -0.15) is 0 Å². The topological polar surface area (TPSA) is 40.5 Å². The van der Waals surface area contributed by atoms with Gasteiger partial charge in [-0.15, -0.1) is 0 Å². The average Bonchev–Trinajstić information content (AvgIpc) is 2.62. The first-order valence-electron chi connectivity index (χ1n) is 6.08. The Morgan fingerprint density at radius 3 is 2.33 bits per heavy atom. The molecule has 0 bridgehead atoms. The Hall–Kier alpha value is -0.570. The van der Waals surface area contributed by atoms with Crippen LogP contribution >= 0.6 is 0 Å². The van der Waals surface area contributed by atoms with Crippen molar-refractivity contribution in [3.63, 3.8) is 0 Å². The normalized spacial score (nSPS) is 25.5. The van der Waals surface area contributed by atoms with Crippen molar-refractivity contribution in [2.24, 2.45) is 5.41 Å². The van der Waals surface area contributed by atoms with Gasteiger partial charge in [-0.3, -0.25) is 4.79 Å². The van der Waals surface area contributed by atoms with Gasteiger partial charge in [-0.1, -0.05) is 19.3 Å². The molecule has 0 saturated heterocycles. The Labute approximate surface area is 91.5 Å². The van der Waals surface area contributed by atoms with Crippen LogP contribution in [0, 0.1) is 5.41 Å². The molecule has 0 aromatic carbocycles. The van der Waals surface area contributed by atoms with Gasteiger partial charge < -0.3 is 10.0 Å².